The number of carboxylic acids is 1. The number of methoxy groups -OCH3 is 1. The van der Waals surface area contributed by atoms with E-state index in [1.807, 2.05) is 25.1 Å². The Kier molecular flexibility index (Phi) is 4.10. The molecule has 2 rings (SSSR count). The quantitative estimate of drug-likeness (QED) is 0.907. The van der Waals surface area contributed by atoms with Gasteiger partial charge in [0.25, 0.3) is 0 Å². The normalized spacial score (nSPS) is 25.2. The minimum Gasteiger partial charge on any atom is -0.497 e. The zero-order valence-electron chi connectivity index (χ0n) is 11.7. The van der Waals surface area contributed by atoms with E-state index in [0.29, 0.717) is 0 Å². The smallest absolute Gasteiger partial charge is 0.308 e. The van der Waals surface area contributed by atoms with E-state index in [0.717, 1.165) is 24.3 Å². The third-order valence-electron chi connectivity index (χ3n) is 4.19. The second-order valence-electron chi connectivity index (χ2n) is 5.16. The van der Waals surface area contributed by atoms with Gasteiger partial charge in [-0.25, -0.2) is 0 Å². The molecule has 0 aromatic heterocycles. The maximum absolute atomic E-state index is 11.2. The standard InChI is InChI=1S/C15H21NO3/c1-10(12-5-4-6-13(9-12)19-3)16-8-7-14(11(16)2)15(17)18/h4-6,9-11,14H,7-8H2,1-3H3,(H,17,18). The summed E-state index contributed by atoms with van der Waals surface area (Å²) in [6.07, 6.45) is 0.727. The van der Waals surface area contributed by atoms with Crippen LogP contribution in [-0.4, -0.2) is 35.7 Å². The maximum atomic E-state index is 11.2. The number of nitrogens with zero attached hydrogens (tertiary/aromatic N) is 1. The lowest BCUT2D eigenvalue weighted by atomic mass is 10.0. The number of benzene rings is 1. The Hall–Kier alpha value is -1.55. The molecule has 104 valence electrons. The summed E-state index contributed by atoms with van der Waals surface area (Å²) in [6.45, 7) is 4.95. The number of aliphatic carboxylic acids is 1. The van der Waals surface area contributed by atoms with Crippen LogP contribution in [0.3, 0.4) is 0 Å². The van der Waals surface area contributed by atoms with Crippen molar-refractivity contribution in [2.45, 2.75) is 32.4 Å². The minimum absolute atomic E-state index is 0.0682. The monoisotopic (exact) mass is 263 g/mol. The summed E-state index contributed by atoms with van der Waals surface area (Å²) >= 11 is 0. The number of ether oxygens (including phenoxy) is 1. The fourth-order valence-electron chi connectivity index (χ4n) is 2.93. The van der Waals surface area contributed by atoms with Gasteiger partial charge in [0.1, 0.15) is 5.75 Å². The summed E-state index contributed by atoms with van der Waals surface area (Å²) in [4.78, 5) is 13.4. The van der Waals surface area contributed by atoms with E-state index in [1.54, 1.807) is 7.11 Å². The molecule has 1 fully saturated rings. The Morgan fingerprint density at radius 2 is 2.26 bits per heavy atom. The summed E-state index contributed by atoms with van der Waals surface area (Å²) in [5.74, 6) is -0.105. The van der Waals surface area contributed by atoms with Crippen LogP contribution in [0.1, 0.15) is 31.9 Å². The molecule has 0 saturated carbocycles. The zero-order valence-corrected chi connectivity index (χ0v) is 11.7. The van der Waals surface area contributed by atoms with Crippen molar-refractivity contribution in [3.63, 3.8) is 0 Å². The van der Waals surface area contributed by atoms with Crippen molar-refractivity contribution in [3.05, 3.63) is 29.8 Å². The molecule has 0 radical (unpaired) electrons. The van der Waals surface area contributed by atoms with E-state index >= 15 is 0 Å². The van der Waals surface area contributed by atoms with E-state index in [4.69, 9.17) is 4.74 Å². The molecule has 0 aliphatic carbocycles. The van der Waals surface area contributed by atoms with Gasteiger partial charge in [-0.05, 0) is 44.5 Å². The van der Waals surface area contributed by atoms with Crippen LogP contribution >= 0.6 is 0 Å². The Labute approximate surface area is 114 Å². The Morgan fingerprint density at radius 3 is 2.84 bits per heavy atom. The van der Waals surface area contributed by atoms with Crippen LogP contribution in [0.2, 0.25) is 0 Å². The van der Waals surface area contributed by atoms with Crippen LogP contribution < -0.4 is 4.74 Å². The van der Waals surface area contributed by atoms with Crippen LogP contribution in [0.25, 0.3) is 0 Å². The number of rotatable bonds is 4. The fourth-order valence-corrected chi connectivity index (χ4v) is 2.93. The van der Waals surface area contributed by atoms with Crippen LogP contribution in [-0.2, 0) is 4.79 Å². The summed E-state index contributed by atoms with van der Waals surface area (Å²) in [5, 5.41) is 9.19. The first-order valence-electron chi connectivity index (χ1n) is 6.67. The molecule has 0 bridgehead atoms. The van der Waals surface area contributed by atoms with Gasteiger partial charge >= 0.3 is 5.97 Å². The van der Waals surface area contributed by atoms with Gasteiger partial charge in [0.2, 0.25) is 0 Å². The third kappa shape index (κ3) is 2.73. The second-order valence-corrected chi connectivity index (χ2v) is 5.16. The lowest BCUT2D eigenvalue weighted by Gasteiger charge is -2.30. The van der Waals surface area contributed by atoms with E-state index < -0.39 is 5.97 Å². The molecular formula is C15H21NO3. The van der Waals surface area contributed by atoms with Gasteiger partial charge < -0.3 is 9.84 Å². The second kappa shape index (κ2) is 5.61. The van der Waals surface area contributed by atoms with Crippen molar-refractivity contribution in [1.29, 1.82) is 0 Å². The highest BCUT2D eigenvalue weighted by Gasteiger charge is 2.37. The van der Waals surface area contributed by atoms with E-state index in [2.05, 4.69) is 17.9 Å². The topological polar surface area (TPSA) is 49.8 Å². The van der Waals surface area contributed by atoms with Gasteiger partial charge in [-0.2, -0.15) is 0 Å². The third-order valence-corrected chi connectivity index (χ3v) is 4.19. The molecule has 1 aromatic carbocycles. The molecule has 3 unspecified atom stereocenters. The van der Waals surface area contributed by atoms with Crippen molar-refractivity contribution in [2.24, 2.45) is 5.92 Å². The minimum atomic E-state index is -0.687. The van der Waals surface area contributed by atoms with Crippen molar-refractivity contribution in [1.82, 2.24) is 4.90 Å². The number of carboxylic acid groups (broad SMARTS) is 1. The Morgan fingerprint density at radius 1 is 1.53 bits per heavy atom. The average molecular weight is 263 g/mol. The highest BCUT2D eigenvalue weighted by Crippen LogP contribution is 2.33. The summed E-state index contributed by atoms with van der Waals surface area (Å²) in [6, 6.07) is 8.25. The summed E-state index contributed by atoms with van der Waals surface area (Å²) in [5.41, 5.74) is 1.16. The number of hydrogen-bond acceptors (Lipinski definition) is 3. The van der Waals surface area contributed by atoms with Crippen LogP contribution in [0.5, 0.6) is 5.75 Å². The van der Waals surface area contributed by atoms with Crippen LogP contribution in [0, 0.1) is 5.92 Å². The Bertz CT molecular complexity index is 460. The van der Waals surface area contributed by atoms with Gasteiger partial charge in [-0.15, -0.1) is 0 Å². The van der Waals surface area contributed by atoms with E-state index in [1.165, 1.54) is 0 Å². The lowest BCUT2D eigenvalue weighted by Crippen LogP contribution is -2.34. The average Bonchev–Trinajstić information content (AvgIpc) is 2.80. The first kappa shape index (κ1) is 13.9. The molecule has 4 heteroatoms. The molecule has 1 aliphatic heterocycles. The molecule has 0 spiro atoms. The van der Waals surface area contributed by atoms with Crippen molar-refractivity contribution in [3.8, 4) is 5.75 Å². The molecule has 3 atom stereocenters. The Balaban J connectivity index is 2.15. The molecule has 1 aromatic rings. The van der Waals surface area contributed by atoms with E-state index in [9.17, 15) is 9.90 Å². The van der Waals surface area contributed by atoms with E-state index in [-0.39, 0.29) is 18.0 Å². The first-order valence-corrected chi connectivity index (χ1v) is 6.67. The molecule has 1 N–H and O–H groups in total. The molecule has 4 nitrogen and oxygen atoms in total. The maximum Gasteiger partial charge on any atom is 0.308 e. The van der Waals surface area contributed by atoms with Gasteiger partial charge in [-0.3, -0.25) is 9.69 Å². The highest BCUT2D eigenvalue weighted by molar-refractivity contribution is 5.71. The molecular weight excluding hydrogens is 242 g/mol. The molecule has 19 heavy (non-hydrogen) atoms. The number of carbonyl (C=O) groups is 1. The molecule has 1 saturated heterocycles. The van der Waals surface area contributed by atoms with Crippen molar-refractivity contribution in [2.75, 3.05) is 13.7 Å². The SMILES string of the molecule is COc1cccc(C(C)N2CCC(C(=O)O)C2C)c1. The largest absolute Gasteiger partial charge is 0.497 e. The number of likely N-dealkylation sites (tertiary alicyclic amines) is 1. The van der Waals surface area contributed by atoms with Crippen molar-refractivity contribution >= 4 is 5.97 Å². The summed E-state index contributed by atoms with van der Waals surface area (Å²) in [7, 11) is 1.66. The van der Waals surface area contributed by atoms with Gasteiger partial charge in [-0.1, -0.05) is 12.1 Å². The molecule has 1 heterocycles. The lowest BCUT2D eigenvalue weighted by molar-refractivity contribution is -0.142. The summed E-state index contributed by atoms with van der Waals surface area (Å²) < 4.78 is 5.24. The predicted octanol–water partition coefficient (Wildman–Crippen LogP) is 2.55. The van der Waals surface area contributed by atoms with Gasteiger partial charge in [0, 0.05) is 12.1 Å². The van der Waals surface area contributed by atoms with Crippen molar-refractivity contribution < 1.29 is 14.6 Å². The highest BCUT2D eigenvalue weighted by atomic mass is 16.5. The van der Waals surface area contributed by atoms with Crippen LogP contribution in [0.4, 0.5) is 0 Å². The van der Waals surface area contributed by atoms with Crippen LogP contribution in [0.15, 0.2) is 24.3 Å². The fraction of sp³-hybridized carbons (Fsp3) is 0.533. The first-order chi connectivity index (χ1) is 9.04. The number of hydrogen-bond donors (Lipinski definition) is 1. The van der Waals surface area contributed by atoms with Gasteiger partial charge in [0.15, 0.2) is 0 Å². The molecule has 0 amide bonds. The molecule has 1 aliphatic rings. The van der Waals surface area contributed by atoms with Gasteiger partial charge in [0.05, 0.1) is 13.0 Å². The predicted molar refractivity (Wildman–Crippen MR) is 73.3 cm³/mol. The zero-order chi connectivity index (χ0) is 14.0.